The van der Waals surface area contributed by atoms with Crippen molar-refractivity contribution < 1.29 is 19.4 Å². The molecule has 1 aliphatic rings. The molecule has 0 unspecified atom stereocenters. The Bertz CT molecular complexity index is 726. The highest BCUT2D eigenvalue weighted by molar-refractivity contribution is 5.79. The largest absolute Gasteiger partial charge is 0.480 e. The second kappa shape index (κ2) is 6.84. The van der Waals surface area contributed by atoms with Gasteiger partial charge in [0.05, 0.1) is 6.54 Å². The number of aliphatic carboxylic acids is 1. The van der Waals surface area contributed by atoms with Crippen LogP contribution in [0.5, 0.6) is 0 Å². The lowest BCUT2D eigenvalue weighted by molar-refractivity contribution is -0.143. The predicted octanol–water partition coefficient (Wildman–Crippen LogP) is 2.40. The molecule has 0 fully saturated rings. The van der Waals surface area contributed by atoms with Crippen molar-refractivity contribution in [1.82, 2.24) is 5.32 Å². The molecule has 0 bridgehead atoms. The van der Waals surface area contributed by atoms with Crippen molar-refractivity contribution in [3.05, 3.63) is 59.7 Å². The van der Waals surface area contributed by atoms with Gasteiger partial charge in [0.25, 0.3) is 0 Å². The smallest absolute Gasteiger partial charge is 0.320 e. The molecule has 1 atom stereocenters. The number of carbonyl (C=O) groups is 2. The van der Waals surface area contributed by atoms with Gasteiger partial charge in [0, 0.05) is 5.92 Å². The van der Waals surface area contributed by atoms with Gasteiger partial charge in [-0.1, -0.05) is 48.5 Å². The highest BCUT2D eigenvalue weighted by atomic mass is 16.6. The predicted molar refractivity (Wildman–Crippen MR) is 89.8 cm³/mol. The molecule has 0 heterocycles. The Kier molecular flexibility index (Phi) is 4.62. The minimum absolute atomic E-state index is 0.0123. The van der Waals surface area contributed by atoms with Crippen molar-refractivity contribution in [3.63, 3.8) is 0 Å². The van der Waals surface area contributed by atoms with E-state index >= 15 is 0 Å². The number of hydrogen-bond donors (Lipinski definition) is 2. The molecule has 2 aromatic rings. The number of esters is 1. The van der Waals surface area contributed by atoms with Gasteiger partial charge in [-0.15, -0.1) is 0 Å². The van der Waals surface area contributed by atoms with Crippen LogP contribution in [0.15, 0.2) is 48.5 Å². The Hall–Kier alpha value is -2.66. The molecule has 0 aromatic heterocycles. The molecule has 2 N–H and O–H groups in total. The topological polar surface area (TPSA) is 75.6 Å². The van der Waals surface area contributed by atoms with Gasteiger partial charge in [0.15, 0.2) is 0 Å². The summed E-state index contributed by atoms with van der Waals surface area (Å²) < 4.78 is 5.38. The van der Waals surface area contributed by atoms with Gasteiger partial charge < -0.3 is 9.84 Å². The molecule has 24 heavy (non-hydrogen) atoms. The molecule has 0 saturated carbocycles. The molecule has 5 nitrogen and oxygen atoms in total. The number of hydrogen-bond acceptors (Lipinski definition) is 4. The van der Waals surface area contributed by atoms with E-state index in [1.165, 1.54) is 18.1 Å². The fourth-order valence-electron chi connectivity index (χ4n) is 2.99. The fraction of sp³-hybridized carbons (Fsp3) is 0.263. The molecule has 2 aromatic carbocycles. The van der Waals surface area contributed by atoms with E-state index in [9.17, 15) is 9.59 Å². The van der Waals surface area contributed by atoms with Crippen LogP contribution in [0.3, 0.4) is 0 Å². The molecule has 0 aliphatic heterocycles. The number of ether oxygens (including phenoxy) is 1. The third-order valence-electron chi connectivity index (χ3n) is 4.30. The van der Waals surface area contributed by atoms with Gasteiger partial charge in [-0.2, -0.15) is 0 Å². The highest BCUT2D eigenvalue weighted by Gasteiger charge is 2.29. The number of carboxylic acid groups (broad SMARTS) is 1. The van der Waals surface area contributed by atoms with Crippen LogP contribution in [0.25, 0.3) is 11.1 Å². The summed E-state index contributed by atoms with van der Waals surface area (Å²) in [5.74, 6) is -1.44. The van der Waals surface area contributed by atoms with Crippen LogP contribution >= 0.6 is 0 Å². The zero-order valence-electron chi connectivity index (χ0n) is 13.4. The van der Waals surface area contributed by atoms with Gasteiger partial charge in [-0.05, 0) is 29.2 Å². The van der Waals surface area contributed by atoms with E-state index < -0.39 is 18.0 Å². The fourth-order valence-corrected chi connectivity index (χ4v) is 2.99. The van der Waals surface area contributed by atoms with Crippen molar-refractivity contribution in [2.24, 2.45) is 0 Å². The summed E-state index contributed by atoms with van der Waals surface area (Å²) in [6.07, 6.45) is 0. The summed E-state index contributed by atoms with van der Waals surface area (Å²) in [4.78, 5) is 22.6. The summed E-state index contributed by atoms with van der Waals surface area (Å²) in [7, 11) is 0. The number of nitrogens with one attached hydrogen (secondary N) is 1. The Morgan fingerprint density at radius 2 is 1.62 bits per heavy atom. The van der Waals surface area contributed by atoms with Gasteiger partial charge in [-0.3, -0.25) is 14.9 Å². The maximum Gasteiger partial charge on any atom is 0.320 e. The maximum absolute atomic E-state index is 11.9. The van der Waals surface area contributed by atoms with Crippen LogP contribution in [0.4, 0.5) is 0 Å². The first-order valence-electron chi connectivity index (χ1n) is 7.88. The number of carbonyl (C=O) groups excluding carboxylic acids is 1. The minimum Gasteiger partial charge on any atom is -0.480 e. The highest BCUT2D eigenvalue weighted by Crippen LogP contribution is 2.44. The quantitative estimate of drug-likeness (QED) is 0.630. The molecular weight excluding hydrogens is 307 g/mol. The molecular formula is C19H19NO4. The molecule has 0 saturated heterocycles. The summed E-state index contributed by atoms with van der Waals surface area (Å²) in [5, 5.41) is 11.4. The molecule has 124 valence electrons. The first-order valence-corrected chi connectivity index (χ1v) is 7.88. The van der Waals surface area contributed by atoms with E-state index in [2.05, 4.69) is 29.6 Å². The number of fused-ring (bicyclic) bond motifs is 3. The Labute approximate surface area is 140 Å². The van der Waals surface area contributed by atoms with Crippen molar-refractivity contribution in [1.29, 1.82) is 0 Å². The Morgan fingerprint density at radius 3 is 2.17 bits per heavy atom. The van der Waals surface area contributed by atoms with E-state index in [1.54, 1.807) is 0 Å². The van der Waals surface area contributed by atoms with E-state index in [0.717, 1.165) is 11.1 Å². The monoisotopic (exact) mass is 326 g/mol. The van der Waals surface area contributed by atoms with Gasteiger partial charge in [0.2, 0.25) is 0 Å². The summed E-state index contributed by atoms with van der Waals surface area (Å²) in [5.41, 5.74) is 4.65. The van der Waals surface area contributed by atoms with Crippen molar-refractivity contribution >= 4 is 11.9 Å². The summed E-state index contributed by atoms with van der Waals surface area (Å²) >= 11 is 0. The van der Waals surface area contributed by atoms with Crippen LogP contribution in [-0.4, -0.2) is 36.2 Å². The molecule has 1 aliphatic carbocycles. The standard InChI is InChI=1S/C19H19NO4/c1-12(19(22)23)20-10-18(21)24-11-17-15-8-4-2-6-13(15)14-7-3-5-9-16(14)17/h2-9,12,17,20H,10-11H2,1H3,(H,22,23)/t12-/m0/s1/i18+1. The second-order valence-corrected chi connectivity index (χ2v) is 5.85. The van der Waals surface area contributed by atoms with Crippen LogP contribution in [0.2, 0.25) is 0 Å². The Morgan fingerprint density at radius 1 is 1.08 bits per heavy atom. The van der Waals surface area contributed by atoms with Crippen molar-refractivity contribution in [2.45, 2.75) is 18.9 Å². The van der Waals surface area contributed by atoms with Crippen LogP contribution < -0.4 is 5.32 Å². The van der Waals surface area contributed by atoms with Crippen LogP contribution in [-0.2, 0) is 14.3 Å². The van der Waals surface area contributed by atoms with E-state index in [-0.39, 0.29) is 19.1 Å². The third kappa shape index (κ3) is 3.16. The first kappa shape index (κ1) is 16.2. The molecule has 5 heteroatoms. The number of benzene rings is 2. The third-order valence-corrected chi connectivity index (χ3v) is 4.30. The number of rotatable bonds is 6. The molecule has 0 amide bonds. The lowest BCUT2D eigenvalue weighted by Gasteiger charge is -2.15. The van der Waals surface area contributed by atoms with Crippen molar-refractivity contribution in [3.8, 4) is 11.1 Å². The molecule has 3 rings (SSSR count). The van der Waals surface area contributed by atoms with Crippen molar-refractivity contribution in [2.75, 3.05) is 13.2 Å². The van der Waals surface area contributed by atoms with Gasteiger partial charge >= 0.3 is 11.9 Å². The second-order valence-electron chi connectivity index (χ2n) is 5.85. The van der Waals surface area contributed by atoms with Gasteiger partial charge in [0.1, 0.15) is 12.6 Å². The van der Waals surface area contributed by atoms with Gasteiger partial charge in [-0.25, -0.2) is 0 Å². The van der Waals surface area contributed by atoms with E-state index in [1.807, 2.05) is 24.3 Å². The zero-order chi connectivity index (χ0) is 17.1. The van der Waals surface area contributed by atoms with E-state index in [4.69, 9.17) is 9.84 Å². The van der Waals surface area contributed by atoms with E-state index in [0.29, 0.717) is 0 Å². The first-order chi connectivity index (χ1) is 11.6. The molecule has 0 spiro atoms. The van der Waals surface area contributed by atoms with Crippen LogP contribution in [0, 0.1) is 0 Å². The average Bonchev–Trinajstić information content (AvgIpc) is 2.92. The van der Waals surface area contributed by atoms with Crippen LogP contribution in [0.1, 0.15) is 24.0 Å². The minimum atomic E-state index is -0.999. The average molecular weight is 326 g/mol. The summed E-state index contributed by atoms with van der Waals surface area (Å²) in [6, 6.07) is 15.4. The normalized spacial score (nSPS) is 13.9. The Balaban J connectivity index is 1.67. The summed E-state index contributed by atoms with van der Waals surface area (Å²) in [6.45, 7) is 1.61. The molecule has 0 radical (unpaired) electrons. The number of carboxylic acids is 1. The lowest BCUT2D eigenvalue weighted by Crippen LogP contribution is -2.38. The lowest BCUT2D eigenvalue weighted by atomic mass is 9.98. The maximum atomic E-state index is 11.9. The zero-order valence-corrected chi connectivity index (χ0v) is 13.4. The SMILES string of the molecule is C[C@H](NC[13C](=O)OCC1c2ccccc2-c2ccccc21)C(=O)O.